The highest BCUT2D eigenvalue weighted by molar-refractivity contribution is 5.73. The summed E-state index contributed by atoms with van der Waals surface area (Å²) in [6.45, 7) is 0. The van der Waals surface area contributed by atoms with Crippen molar-refractivity contribution in [3.63, 3.8) is 0 Å². The minimum Gasteiger partial charge on any atom is -0.462 e. The lowest BCUT2D eigenvalue weighted by molar-refractivity contribution is -0.161. The molecular formula is C36H52O4. The summed E-state index contributed by atoms with van der Waals surface area (Å²) in [7, 11) is 0. The molecular weight excluding hydrogens is 496 g/mol. The molecule has 0 N–H and O–H groups in total. The number of rotatable bonds is 4. The minimum absolute atomic E-state index is 0.0203. The van der Waals surface area contributed by atoms with Crippen LogP contribution in [0.15, 0.2) is 0 Å². The third-order valence-corrected chi connectivity index (χ3v) is 10.5. The summed E-state index contributed by atoms with van der Waals surface area (Å²) in [5.41, 5.74) is 0. The van der Waals surface area contributed by atoms with E-state index < -0.39 is 0 Å². The van der Waals surface area contributed by atoms with Gasteiger partial charge in [-0.25, -0.2) is 0 Å². The van der Waals surface area contributed by atoms with Gasteiger partial charge in [-0.05, 0) is 103 Å². The van der Waals surface area contributed by atoms with Crippen LogP contribution >= 0.6 is 0 Å². The zero-order chi connectivity index (χ0) is 27.6. The number of esters is 2. The largest absolute Gasteiger partial charge is 0.462 e. The summed E-state index contributed by atoms with van der Waals surface area (Å²) in [6.07, 6.45) is 24.1. The highest BCUT2D eigenvalue weighted by atomic mass is 16.5. The molecule has 5 rings (SSSR count). The van der Waals surface area contributed by atoms with E-state index >= 15 is 0 Å². The summed E-state index contributed by atoms with van der Waals surface area (Å²) in [4.78, 5) is 25.7. The zero-order valence-electron chi connectivity index (χ0n) is 24.8. The van der Waals surface area contributed by atoms with Crippen molar-refractivity contribution in [2.75, 3.05) is 0 Å². The normalized spacial score (nSPS) is 33.9. The van der Waals surface area contributed by atoms with Gasteiger partial charge >= 0.3 is 11.9 Å². The lowest BCUT2D eigenvalue weighted by Gasteiger charge is -2.31. The Morgan fingerprint density at radius 3 is 1.07 bits per heavy atom. The second-order valence-corrected chi connectivity index (χ2v) is 13.6. The molecule has 0 spiro atoms. The van der Waals surface area contributed by atoms with Gasteiger partial charge in [0, 0.05) is 23.7 Å². The average Bonchev–Trinajstić information content (AvgIpc) is 3.01. The zero-order valence-corrected chi connectivity index (χ0v) is 24.8. The first-order valence-corrected chi connectivity index (χ1v) is 17.1. The van der Waals surface area contributed by atoms with Crippen LogP contribution in [0.2, 0.25) is 0 Å². The first kappa shape index (κ1) is 29.5. The summed E-state index contributed by atoms with van der Waals surface area (Å²) >= 11 is 0. The third kappa shape index (κ3) is 9.03. The number of carbonyl (C=O) groups is 2. The van der Waals surface area contributed by atoms with Crippen LogP contribution in [0, 0.1) is 59.2 Å². The maximum Gasteiger partial charge on any atom is 0.309 e. The number of hydrogen-bond donors (Lipinski definition) is 0. The molecule has 5 fully saturated rings. The van der Waals surface area contributed by atoms with E-state index in [1.165, 1.54) is 64.2 Å². The predicted octanol–water partition coefficient (Wildman–Crippen LogP) is 8.16. The van der Waals surface area contributed by atoms with E-state index in [2.05, 4.69) is 23.7 Å². The van der Waals surface area contributed by atoms with E-state index in [9.17, 15) is 9.59 Å². The molecule has 5 saturated carbocycles. The molecule has 0 aromatic carbocycles. The smallest absolute Gasteiger partial charge is 0.309 e. The fraction of sp³-hybridized carbons (Fsp3) is 0.833. The number of carbonyl (C=O) groups excluding carboxylic acids is 2. The summed E-state index contributed by atoms with van der Waals surface area (Å²) in [5.74, 6) is 16.3. The Morgan fingerprint density at radius 2 is 0.675 bits per heavy atom. The van der Waals surface area contributed by atoms with Gasteiger partial charge in [-0.3, -0.25) is 9.59 Å². The maximum atomic E-state index is 12.9. The van der Waals surface area contributed by atoms with Crippen LogP contribution in [0.3, 0.4) is 0 Å². The van der Waals surface area contributed by atoms with E-state index in [4.69, 9.17) is 9.47 Å². The molecule has 5 aliphatic carbocycles. The topological polar surface area (TPSA) is 52.6 Å². The molecule has 0 amide bonds. The Balaban J connectivity index is 0.947. The van der Waals surface area contributed by atoms with E-state index in [-0.39, 0.29) is 36.0 Å². The minimum atomic E-state index is -0.0445. The summed E-state index contributed by atoms with van der Waals surface area (Å²) < 4.78 is 11.9. The van der Waals surface area contributed by atoms with Crippen LogP contribution in [0.1, 0.15) is 141 Å². The Bertz CT molecular complexity index is 927. The molecule has 0 atom stereocenters. The average molecular weight is 549 g/mol. The van der Waals surface area contributed by atoms with Crippen LogP contribution < -0.4 is 0 Å². The Hall–Kier alpha value is -1.94. The molecule has 0 aliphatic heterocycles. The van der Waals surface area contributed by atoms with Gasteiger partial charge in [0.25, 0.3) is 0 Å². The van der Waals surface area contributed by atoms with Crippen molar-refractivity contribution in [3.8, 4) is 23.7 Å². The molecule has 220 valence electrons. The second kappa shape index (κ2) is 15.3. The maximum absolute atomic E-state index is 12.9. The molecule has 0 bridgehead atoms. The van der Waals surface area contributed by atoms with Gasteiger partial charge < -0.3 is 9.47 Å². The van der Waals surface area contributed by atoms with Crippen molar-refractivity contribution in [1.82, 2.24) is 0 Å². The SMILES string of the molecule is O=C(OC1CCC(C(=O)OC2CCC(C#CC3CCCCC3)CC2)CC1)C1CCC(C#CC2CCCCC2)CC1. The van der Waals surface area contributed by atoms with Crippen LogP contribution in [0.25, 0.3) is 0 Å². The van der Waals surface area contributed by atoms with E-state index in [1.807, 2.05) is 0 Å². The van der Waals surface area contributed by atoms with Crippen molar-refractivity contribution in [3.05, 3.63) is 0 Å². The van der Waals surface area contributed by atoms with Crippen molar-refractivity contribution in [2.45, 2.75) is 153 Å². The fourth-order valence-corrected chi connectivity index (χ4v) is 7.70. The van der Waals surface area contributed by atoms with Gasteiger partial charge in [-0.2, -0.15) is 0 Å². The number of hydrogen-bond acceptors (Lipinski definition) is 4. The first-order valence-electron chi connectivity index (χ1n) is 17.1. The fourth-order valence-electron chi connectivity index (χ4n) is 7.70. The van der Waals surface area contributed by atoms with Crippen molar-refractivity contribution in [2.24, 2.45) is 35.5 Å². The predicted molar refractivity (Wildman–Crippen MR) is 158 cm³/mol. The second-order valence-electron chi connectivity index (χ2n) is 13.6. The molecule has 40 heavy (non-hydrogen) atoms. The lowest BCUT2D eigenvalue weighted by atomic mass is 9.81. The standard InChI is InChI=1S/C36H52O4/c37-35(31-19-15-29(16-20-31)13-11-27-7-3-1-4-8-27)40-34-25-21-32(22-26-34)36(38)39-33-23-17-30(18-24-33)14-12-28-9-5-2-6-10-28/h27-34H,1-10,15-26H2. The first-order chi connectivity index (χ1) is 19.6. The Labute approximate surface area is 243 Å². The van der Waals surface area contributed by atoms with Gasteiger partial charge in [-0.1, -0.05) is 62.2 Å². The third-order valence-electron chi connectivity index (χ3n) is 10.5. The molecule has 5 aliphatic rings. The van der Waals surface area contributed by atoms with E-state index in [1.54, 1.807) is 0 Å². The molecule has 0 heterocycles. The van der Waals surface area contributed by atoms with Crippen LogP contribution in [0.4, 0.5) is 0 Å². The van der Waals surface area contributed by atoms with Crippen LogP contribution in [-0.4, -0.2) is 24.1 Å². The molecule has 0 aromatic heterocycles. The van der Waals surface area contributed by atoms with Crippen LogP contribution in [-0.2, 0) is 19.1 Å². The molecule has 4 nitrogen and oxygen atoms in total. The monoisotopic (exact) mass is 548 g/mol. The molecule has 4 heteroatoms. The Morgan fingerprint density at radius 1 is 0.375 bits per heavy atom. The highest BCUT2D eigenvalue weighted by Crippen LogP contribution is 2.34. The molecule has 0 radical (unpaired) electrons. The van der Waals surface area contributed by atoms with E-state index in [0.29, 0.717) is 23.7 Å². The number of ether oxygens (including phenoxy) is 2. The lowest BCUT2D eigenvalue weighted by Crippen LogP contribution is -2.33. The quantitative estimate of drug-likeness (QED) is 0.263. The van der Waals surface area contributed by atoms with E-state index in [0.717, 1.165) is 77.0 Å². The van der Waals surface area contributed by atoms with Gasteiger partial charge in [0.15, 0.2) is 0 Å². The summed E-state index contributed by atoms with van der Waals surface area (Å²) in [6, 6.07) is 0. The van der Waals surface area contributed by atoms with Crippen LogP contribution in [0.5, 0.6) is 0 Å². The van der Waals surface area contributed by atoms with Gasteiger partial charge in [-0.15, -0.1) is 0 Å². The van der Waals surface area contributed by atoms with Gasteiger partial charge in [0.1, 0.15) is 12.2 Å². The van der Waals surface area contributed by atoms with Crippen molar-refractivity contribution in [1.29, 1.82) is 0 Å². The molecule has 0 aromatic rings. The molecule has 0 unspecified atom stereocenters. The van der Waals surface area contributed by atoms with Gasteiger partial charge in [0.05, 0.1) is 11.8 Å². The van der Waals surface area contributed by atoms with Crippen molar-refractivity contribution < 1.29 is 19.1 Å². The Kier molecular flexibility index (Phi) is 11.3. The van der Waals surface area contributed by atoms with Gasteiger partial charge in [0.2, 0.25) is 0 Å². The van der Waals surface area contributed by atoms with Crippen molar-refractivity contribution >= 4 is 11.9 Å². The highest BCUT2D eigenvalue weighted by Gasteiger charge is 2.34. The summed E-state index contributed by atoms with van der Waals surface area (Å²) in [5, 5.41) is 0. The molecule has 0 saturated heterocycles.